The van der Waals surface area contributed by atoms with Crippen LogP contribution in [0.15, 0.2) is 0 Å². The first-order valence-corrected chi connectivity index (χ1v) is 6.79. The summed E-state index contributed by atoms with van der Waals surface area (Å²) in [6, 6.07) is 0. The van der Waals surface area contributed by atoms with E-state index in [1.54, 1.807) is 4.90 Å². The van der Waals surface area contributed by atoms with Crippen molar-refractivity contribution in [3.63, 3.8) is 0 Å². The molecule has 108 valence electrons. The molecule has 18 heavy (non-hydrogen) atoms. The van der Waals surface area contributed by atoms with Gasteiger partial charge in [-0.25, -0.2) is 4.79 Å². The molecule has 0 aliphatic heterocycles. The van der Waals surface area contributed by atoms with Crippen molar-refractivity contribution in [3.8, 4) is 0 Å². The normalized spacial score (nSPS) is 11.4. The summed E-state index contributed by atoms with van der Waals surface area (Å²) < 4.78 is 5.34. The third-order valence-electron chi connectivity index (χ3n) is 2.37. The van der Waals surface area contributed by atoms with Gasteiger partial charge in [0.2, 0.25) is 0 Å². The second kappa shape index (κ2) is 9.16. The lowest BCUT2D eigenvalue weighted by Crippen LogP contribution is -2.38. The summed E-state index contributed by atoms with van der Waals surface area (Å²) >= 11 is 0. The van der Waals surface area contributed by atoms with Crippen LogP contribution in [0.25, 0.3) is 0 Å². The van der Waals surface area contributed by atoms with Crippen molar-refractivity contribution in [1.29, 1.82) is 0 Å². The van der Waals surface area contributed by atoms with Gasteiger partial charge < -0.3 is 20.7 Å². The molecule has 0 spiro atoms. The summed E-state index contributed by atoms with van der Waals surface area (Å²) in [6.45, 7) is 11.6. The number of carbonyl (C=O) groups is 1. The molecule has 0 atom stereocenters. The average Bonchev–Trinajstić information content (AvgIpc) is 2.25. The Hall–Kier alpha value is -0.810. The van der Waals surface area contributed by atoms with Gasteiger partial charge in [0, 0.05) is 13.1 Å². The van der Waals surface area contributed by atoms with Crippen LogP contribution in [-0.4, -0.2) is 49.3 Å². The molecule has 0 aromatic carbocycles. The molecule has 0 unspecified atom stereocenters. The van der Waals surface area contributed by atoms with Crippen LogP contribution in [0.4, 0.5) is 4.79 Å². The van der Waals surface area contributed by atoms with Gasteiger partial charge in [-0.15, -0.1) is 0 Å². The monoisotopic (exact) mass is 259 g/mol. The number of rotatable bonds is 8. The van der Waals surface area contributed by atoms with Gasteiger partial charge in [-0.1, -0.05) is 0 Å². The van der Waals surface area contributed by atoms with Crippen molar-refractivity contribution >= 4 is 6.09 Å². The van der Waals surface area contributed by atoms with E-state index in [0.29, 0.717) is 13.1 Å². The van der Waals surface area contributed by atoms with Crippen LogP contribution in [0.5, 0.6) is 0 Å². The molecule has 0 rings (SSSR count). The van der Waals surface area contributed by atoms with Gasteiger partial charge in [0.05, 0.1) is 0 Å². The largest absolute Gasteiger partial charge is 0.444 e. The first-order chi connectivity index (χ1) is 8.40. The Bertz CT molecular complexity index is 227. The van der Waals surface area contributed by atoms with Crippen LogP contribution in [-0.2, 0) is 4.74 Å². The topological polar surface area (TPSA) is 67.6 Å². The van der Waals surface area contributed by atoms with Crippen molar-refractivity contribution in [2.45, 2.75) is 46.1 Å². The van der Waals surface area contributed by atoms with Gasteiger partial charge in [-0.3, -0.25) is 0 Å². The van der Waals surface area contributed by atoms with Gasteiger partial charge in [-0.2, -0.15) is 0 Å². The number of nitrogens with two attached hydrogens (primary N) is 1. The van der Waals surface area contributed by atoms with Crippen LogP contribution in [0.3, 0.4) is 0 Å². The molecular formula is C13H29N3O2. The highest BCUT2D eigenvalue weighted by molar-refractivity contribution is 5.68. The number of nitrogens with zero attached hydrogens (tertiary/aromatic N) is 1. The Labute approximate surface area is 111 Å². The smallest absolute Gasteiger partial charge is 0.410 e. The number of amides is 1. The summed E-state index contributed by atoms with van der Waals surface area (Å²) in [5, 5.41) is 3.29. The van der Waals surface area contributed by atoms with Crippen LogP contribution in [0.2, 0.25) is 0 Å². The van der Waals surface area contributed by atoms with Crippen molar-refractivity contribution in [3.05, 3.63) is 0 Å². The first-order valence-electron chi connectivity index (χ1n) is 6.79. The first kappa shape index (κ1) is 17.2. The summed E-state index contributed by atoms with van der Waals surface area (Å²) in [6.07, 6.45) is 1.69. The quantitative estimate of drug-likeness (QED) is 0.649. The van der Waals surface area contributed by atoms with E-state index in [4.69, 9.17) is 10.5 Å². The lowest BCUT2D eigenvalue weighted by molar-refractivity contribution is 0.0258. The lowest BCUT2D eigenvalue weighted by Gasteiger charge is -2.26. The second-order valence-corrected chi connectivity index (χ2v) is 5.31. The highest BCUT2D eigenvalue weighted by Gasteiger charge is 2.20. The highest BCUT2D eigenvalue weighted by Crippen LogP contribution is 2.09. The Morgan fingerprint density at radius 2 is 1.89 bits per heavy atom. The number of ether oxygens (including phenoxy) is 1. The maximum Gasteiger partial charge on any atom is 0.410 e. The molecular weight excluding hydrogens is 230 g/mol. The van der Waals surface area contributed by atoms with Crippen LogP contribution >= 0.6 is 0 Å². The van der Waals surface area contributed by atoms with Crippen LogP contribution in [0, 0.1) is 0 Å². The maximum absolute atomic E-state index is 11.8. The molecule has 0 aromatic heterocycles. The maximum atomic E-state index is 11.8. The molecule has 0 saturated carbocycles. The Kier molecular flexibility index (Phi) is 8.75. The molecule has 5 nitrogen and oxygen atoms in total. The zero-order valence-electron chi connectivity index (χ0n) is 12.3. The Morgan fingerprint density at radius 3 is 2.39 bits per heavy atom. The Balaban J connectivity index is 3.79. The Morgan fingerprint density at radius 1 is 1.28 bits per heavy atom. The molecule has 0 radical (unpaired) electrons. The van der Waals surface area contributed by atoms with E-state index in [0.717, 1.165) is 32.5 Å². The molecule has 3 N–H and O–H groups in total. The van der Waals surface area contributed by atoms with E-state index < -0.39 is 5.60 Å². The van der Waals surface area contributed by atoms with Crippen molar-refractivity contribution in [2.24, 2.45) is 5.73 Å². The van der Waals surface area contributed by atoms with Crippen molar-refractivity contribution in [1.82, 2.24) is 10.2 Å². The van der Waals surface area contributed by atoms with Gasteiger partial charge in [0.25, 0.3) is 0 Å². The fourth-order valence-electron chi connectivity index (χ4n) is 1.45. The van der Waals surface area contributed by atoms with Gasteiger partial charge >= 0.3 is 6.09 Å². The van der Waals surface area contributed by atoms with Gasteiger partial charge in [0.1, 0.15) is 5.60 Å². The van der Waals surface area contributed by atoms with Crippen molar-refractivity contribution < 1.29 is 9.53 Å². The molecule has 1 amide bonds. The van der Waals surface area contributed by atoms with E-state index >= 15 is 0 Å². The average molecular weight is 259 g/mol. The zero-order chi connectivity index (χ0) is 14.0. The summed E-state index contributed by atoms with van der Waals surface area (Å²) in [7, 11) is 0. The molecule has 0 fully saturated rings. The summed E-state index contributed by atoms with van der Waals surface area (Å²) in [5.41, 5.74) is 4.98. The van der Waals surface area contributed by atoms with Gasteiger partial charge in [0.15, 0.2) is 0 Å². The third kappa shape index (κ3) is 9.24. The standard InChI is InChI=1S/C13H29N3O2/c1-5-16(12(17)18-13(2,3)4)11-7-10-15-9-6-8-14/h15H,5-11,14H2,1-4H3. The molecule has 0 saturated heterocycles. The number of carbonyl (C=O) groups excluding carboxylic acids is 1. The van der Waals surface area contributed by atoms with E-state index in [-0.39, 0.29) is 6.09 Å². The number of hydrogen-bond acceptors (Lipinski definition) is 4. The predicted molar refractivity (Wildman–Crippen MR) is 74.6 cm³/mol. The third-order valence-corrected chi connectivity index (χ3v) is 2.37. The second-order valence-electron chi connectivity index (χ2n) is 5.31. The fraction of sp³-hybridized carbons (Fsp3) is 0.923. The van der Waals surface area contributed by atoms with Crippen LogP contribution in [0.1, 0.15) is 40.5 Å². The van der Waals surface area contributed by atoms with E-state index in [2.05, 4.69) is 5.32 Å². The molecule has 0 aliphatic carbocycles. The fourth-order valence-corrected chi connectivity index (χ4v) is 1.45. The van der Waals surface area contributed by atoms with Crippen LogP contribution < -0.4 is 11.1 Å². The predicted octanol–water partition coefficient (Wildman–Crippen LogP) is 1.57. The highest BCUT2D eigenvalue weighted by atomic mass is 16.6. The van der Waals surface area contributed by atoms with E-state index in [9.17, 15) is 4.79 Å². The minimum atomic E-state index is -0.427. The van der Waals surface area contributed by atoms with Crippen molar-refractivity contribution in [2.75, 3.05) is 32.7 Å². The molecule has 0 bridgehead atoms. The SMILES string of the molecule is CCN(CCCNCCCN)C(=O)OC(C)(C)C. The summed E-state index contributed by atoms with van der Waals surface area (Å²) in [5.74, 6) is 0. The van der Waals surface area contributed by atoms with E-state index in [1.165, 1.54) is 0 Å². The molecule has 0 heterocycles. The number of nitrogens with one attached hydrogen (secondary N) is 1. The zero-order valence-corrected chi connectivity index (χ0v) is 12.3. The van der Waals surface area contributed by atoms with E-state index in [1.807, 2.05) is 27.7 Å². The molecule has 0 aromatic rings. The molecule has 5 heteroatoms. The van der Waals surface area contributed by atoms with Gasteiger partial charge in [-0.05, 0) is 60.2 Å². The summed E-state index contributed by atoms with van der Waals surface area (Å²) in [4.78, 5) is 13.6. The minimum Gasteiger partial charge on any atom is -0.444 e. The minimum absolute atomic E-state index is 0.230. The lowest BCUT2D eigenvalue weighted by atomic mass is 10.2. The number of hydrogen-bond donors (Lipinski definition) is 2. The molecule has 0 aliphatic rings.